The molecule has 3 rings (SSSR count). The van der Waals surface area contributed by atoms with Gasteiger partial charge >= 0.3 is 0 Å². The van der Waals surface area contributed by atoms with E-state index in [4.69, 9.17) is 5.14 Å². The van der Waals surface area contributed by atoms with E-state index in [2.05, 4.69) is 6.58 Å². The zero-order valence-electron chi connectivity index (χ0n) is 15.9. The molecule has 0 saturated carbocycles. The molecule has 1 aromatic carbocycles. The normalized spacial score (nSPS) is 22.5. The minimum absolute atomic E-state index is 0.0715. The highest BCUT2D eigenvalue weighted by Gasteiger charge is 2.46. The summed E-state index contributed by atoms with van der Waals surface area (Å²) in [6.07, 6.45) is 3.36. The molecule has 1 aromatic rings. The van der Waals surface area contributed by atoms with Gasteiger partial charge in [0.1, 0.15) is 0 Å². The summed E-state index contributed by atoms with van der Waals surface area (Å²) >= 11 is 0. The van der Waals surface area contributed by atoms with Gasteiger partial charge in [-0.15, -0.1) is 0 Å². The number of carbonyl (C=O) groups excluding carboxylic acids is 2. The monoisotopic (exact) mass is 405 g/mol. The second-order valence-corrected chi connectivity index (χ2v) is 9.43. The number of sulfonamides is 1. The number of hydrogen-bond acceptors (Lipinski definition) is 4. The lowest BCUT2D eigenvalue weighted by atomic mass is 9.71. The quantitative estimate of drug-likeness (QED) is 0.756. The smallest absolute Gasteiger partial charge is 0.245 e. The molecule has 2 fully saturated rings. The molecule has 2 aliphatic rings. The van der Waals surface area contributed by atoms with Crippen LogP contribution in [-0.4, -0.2) is 61.5 Å². The van der Waals surface area contributed by atoms with Crippen molar-refractivity contribution in [2.24, 2.45) is 5.14 Å². The number of piperidine rings is 2. The lowest BCUT2D eigenvalue weighted by molar-refractivity contribution is -0.142. The van der Waals surface area contributed by atoms with Crippen molar-refractivity contribution in [2.45, 2.75) is 36.3 Å². The molecule has 0 aromatic heterocycles. The molecule has 1 atom stereocenters. The SMILES string of the molecule is C=CC(=O)N1CCC(C(=O)N2CCCC(S(N)(=O)=O)C2)(c2ccccc2)CC1. The van der Waals surface area contributed by atoms with Crippen molar-refractivity contribution in [3.05, 3.63) is 48.6 Å². The predicted molar refractivity (Wildman–Crippen MR) is 107 cm³/mol. The second-order valence-electron chi connectivity index (χ2n) is 7.58. The average molecular weight is 406 g/mol. The Bertz CT molecular complexity index is 845. The summed E-state index contributed by atoms with van der Waals surface area (Å²) in [6.45, 7) is 5.10. The average Bonchev–Trinajstić information content (AvgIpc) is 2.73. The molecule has 0 radical (unpaired) electrons. The fourth-order valence-corrected chi connectivity index (χ4v) is 5.20. The molecule has 2 heterocycles. The third-order valence-electron chi connectivity index (χ3n) is 5.97. The number of hydrogen-bond donors (Lipinski definition) is 1. The van der Waals surface area contributed by atoms with Crippen molar-refractivity contribution in [1.82, 2.24) is 9.80 Å². The van der Waals surface area contributed by atoms with Gasteiger partial charge in [0.05, 0.1) is 10.7 Å². The zero-order valence-corrected chi connectivity index (χ0v) is 16.7. The fourth-order valence-electron chi connectivity index (χ4n) is 4.31. The Kier molecular flexibility index (Phi) is 5.90. The van der Waals surface area contributed by atoms with Crippen LogP contribution in [0.15, 0.2) is 43.0 Å². The van der Waals surface area contributed by atoms with Crippen LogP contribution in [0, 0.1) is 0 Å². The van der Waals surface area contributed by atoms with Crippen molar-refractivity contribution >= 4 is 21.8 Å². The first-order valence-electron chi connectivity index (χ1n) is 9.56. The number of benzene rings is 1. The Balaban J connectivity index is 1.89. The molecule has 7 nitrogen and oxygen atoms in total. The number of nitrogens with zero attached hydrogens (tertiary/aromatic N) is 2. The fraction of sp³-hybridized carbons (Fsp3) is 0.500. The molecule has 8 heteroatoms. The topological polar surface area (TPSA) is 101 Å². The van der Waals surface area contributed by atoms with Crippen molar-refractivity contribution in [3.8, 4) is 0 Å². The minimum Gasteiger partial charge on any atom is -0.341 e. The van der Waals surface area contributed by atoms with Gasteiger partial charge in [-0.25, -0.2) is 13.6 Å². The van der Waals surface area contributed by atoms with Crippen LogP contribution in [0.1, 0.15) is 31.2 Å². The summed E-state index contributed by atoms with van der Waals surface area (Å²) in [4.78, 5) is 29.0. The van der Waals surface area contributed by atoms with Crippen LogP contribution in [0.2, 0.25) is 0 Å². The summed E-state index contributed by atoms with van der Waals surface area (Å²) in [5, 5.41) is 4.62. The molecule has 1 unspecified atom stereocenters. The van der Waals surface area contributed by atoms with E-state index in [1.165, 1.54) is 6.08 Å². The summed E-state index contributed by atoms with van der Waals surface area (Å²) < 4.78 is 23.6. The van der Waals surface area contributed by atoms with Crippen LogP contribution in [0.4, 0.5) is 0 Å². The summed E-state index contributed by atoms with van der Waals surface area (Å²) in [5.74, 6) is -0.209. The molecular weight excluding hydrogens is 378 g/mol. The number of likely N-dealkylation sites (tertiary alicyclic amines) is 2. The standard InChI is InChI=1S/C20H27N3O4S/c1-2-18(24)22-13-10-20(11-14-22,16-7-4-3-5-8-16)19(25)23-12-6-9-17(15-23)28(21,26)27/h2-5,7-8,17H,1,6,9-15H2,(H2,21,26,27). The van der Waals surface area contributed by atoms with Gasteiger partial charge in [0.15, 0.2) is 0 Å². The molecule has 0 spiro atoms. The highest BCUT2D eigenvalue weighted by Crippen LogP contribution is 2.38. The van der Waals surface area contributed by atoms with Crippen molar-refractivity contribution in [2.75, 3.05) is 26.2 Å². The third kappa shape index (κ3) is 3.98. The molecule has 2 aliphatic heterocycles. The van der Waals surface area contributed by atoms with Gasteiger partial charge < -0.3 is 9.80 Å². The van der Waals surface area contributed by atoms with Gasteiger partial charge in [-0.1, -0.05) is 36.9 Å². The molecule has 2 N–H and O–H groups in total. The van der Waals surface area contributed by atoms with Gasteiger partial charge in [0, 0.05) is 26.2 Å². The van der Waals surface area contributed by atoms with E-state index in [-0.39, 0.29) is 18.4 Å². The highest BCUT2D eigenvalue weighted by molar-refractivity contribution is 7.89. The van der Waals surface area contributed by atoms with Gasteiger partial charge in [-0.2, -0.15) is 0 Å². The first-order valence-corrected chi connectivity index (χ1v) is 11.2. The summed E-state index contributed by atoms with van der Waals surface area (Å²) in [5.41, 5.74) is 0.142. The third-order valence-corrected chi connectivity index (χ3v) is 7.28. The molecule has 0 bridgehead atoms. The molecule has 2 saturated heterocycles. The van der Waals surface area contributed by atoms with Gasteiger partial charge in [0.2, 0.25) is 21.8 Å². The first-order chi connectivity index (χ1) is 13.3. The first kappa shape index (κ1) is 20.5. The van der Waals surface area contributed by atoms with Crippen molar-refractivity contribution in [3.63, 3.8) is 0 Å². The van der Waals surface area contributed by atoms with E-state index in [1.807, 2.05) is 30.3 Å². The van der Waals surface area contributed by atoms with E-state index < -0.39 is 20.7 Å². The van der Waals surface area contributed by atoms with Gasteiger partial charge in [0.25, 0.3) is 0 Å². The zero-order chi connectivity index (χ0) is 20.4. The molecule has 2 amide bonds. The Morgan fingerprint density at radius 2 is 1.75 bits per heavy atom. The molecule has 28 heavy (non-hydrogen) atoms. The maximum atomic E-state index is 13.7. The van der Waals surface area contributed by atoms with Crippen LogP contribution in [0.5, 0.6) is 0 Å². The van der Waals surface area contributed by atoms with E-state index in [1.54, 1.807) is 9.80 Å². The highest BCUT2D eigenvalue weighted by atomic mass is 32.2. The van der Waals surface area contributed by atoms with Crippen LogP contribution in [0.25, 0.3) is 0 Å². The number of primary sulfonamides is 1. The van der Waals surface area contributed by atoms with Crippen LogP contribution in [0.3, 0.4) is 0 Å². The number of rotatable bonds is 4. The number of nitrogens with two attached hydrogens (primary N) is 1. The van der Waals surface area contributed by atoms with Gasteiger partial charge in [-0.3, -0.25) is 9.59 Å². The molecular formula is C20H27N3O4S. The molecule has 152 valence electrons. The maximum absolute atomic E-state index is 13.7. The van der Waals surface area contributed by atoms with E-state index in [9.17, 15) is 18.0 Å². The summed E-state index contributed by atoms with van der Waals surface area (Å²) in [7, 11) is -3.69. The van der Waals surface area contributed by atoms with Crippen molar-refractivity contribution in [1.29, 1.82) is 0 Å². The van der Waals surface area contributed by atoms with Crippen LogP contribution in [-0.2, 0) is 25.0 Å². The number of amides is 2. The van der Waals surface area contributed by atoms with Crippen LogP contribution >= 0.6 is 0 Å². The Labute approximate surface area is 166 Å². The van der Waals surface area contributed by atoms with Gasteiger partial charge in [-0.05, 0) is 37.3 Å². The lowest BCUT2D eigenvalue weighted by Crippen LogP contribution is -2.57. The maximum Gasteiger partial charge on any atom is 0.245 e. The summed E-state index contributed by atoms with van der Waals surface area (Å²) in [6, 6.07) is 9.56. The van der Waals surface area contributed by atoms with Crippen molar-refractivity contribution < 1.29 is 18.0 Å². The largest absolute Gasteiger partial charge is 0.341 e. The Hall–Kier alpha value is -2.19. The lowest BCUT2D eigenvalue weighted by Gasteiger charge is -2.45. The molecule has 0 aliphatic carbocycles. The van der Waals surface area contributed by atoms with E-state index in [0.29, 0.717) is 45.3 Å². The van der Waals surface area contributed by atoms with E-state index >= 15 is 0 Å². The Morgan fingerprint density at radius 3 is 2.32 bits per heavy atom. The predicted octanol–water partition coefficient (Wildman–Crippen LogP) is 1.01. The van der Waals surface area contributed by atoms with E-state index in [0.717, 1.165) is 5.56 Å². The Morgan fingerprint density at radius 1 is 1.11 bits per heavy atom. The van der Waals surface area contributed by atoms with Crippen LogP contribution < -0.4 is 5.14 Å². The minimum atomic E-state index is -3.69. The number of carbonyl (C=O) groups is 2. The second kappa shape index (κ2) is 8.05.